The Morgan fingerprint density at radius 1 is 0.943 bits per heavy atom. The molecule has 2 aromatic heterocycles. The second-order valence-electron chi connectivity index (χ2n) is 8.73. The molecule has 11 heteroatoms. The Balaban J connectivity index is 1.48. The summed E-state index contributed by atoms with van der Waals surface area (Å²) in [6, 6.07) is 12.8. The standard InChI is InChI=1S/C24H27N7O2S2/c1-15-5-4-6-16(2)19(15)21-28-22(20-23(29-21)34-24(25)27-20)26-17-7-9-18(10-8-17)35(32,33)31-13-11-30(3)12-14-31/h4-10H,11-14H2,1-3H3,(H2,25,27)(H,26,28,29). The van der Waals surface area contributed by atoms with Gasteiger partial charge in [-0.1, -0.05) is 29.5 Å². The number of piperazine rings is 1. The molecule has 4 aromatic rings. The van der Waals surface area contributed by atoms with Gasteiger partial charge in [-0.25, -0.2) is 23.4 Å². The van der Waals surface area contributed by atoms with Gasteiger partial charge in [-0.2, -0.15) is 4.31 Å². The molecule has 1 aliphatic rings. The molecule has 0 unspecified atom stereocenters. The molecular weight excluding hydrogens is 482 g/mol. The monoisotopic (exact) mass is 509 g/mol. The van der Waals surface area contributed by atoms with Crippen LogP contribution in [0.4, 0.5) is 16.6 Å². The molecule has 9 nitrogen and oxygen atoms in total. The Kier molecular flexibility index (Phi) is 6.18. The minimum Gasteiger partial charge on any atom is -0.375 e. The number of nitrogens with zero attached hydrogens (tertiary/aromatic N) is 5. The van der Waals surface area contributed by atoms with Crippen molar-refractivity contribution in [3.63, 3.8) is 0 Å². The van der Waals surface area contributed by atoms with Gasteiger partial charge in [0.05, 0.1) is 4.90 Å². The number of sulfonamides is 1. The molecule has 0 atom stereocenters. The molecule has 1 fully saturated rings. The molecule has 0 aliphatic carbocycles. The highest BCUT2D eigenvalue weighted by Crippen LogP contribution is 2.33. The van der Waals surface area contributed by atoms with Crippen LogP contribution >= 0.6 is 11.3 Å². The maximum Gasteiger partial charge on any atom is 0.243 e. The molecular formula is C24H27N7O2S2. The van der Waals surface area contributed by atoms with Crippen molar-refractivity contribution in [2.75, 3.05) is 44.3 Å². The van der Waals surface area contributed by atoms with Gasteiger partial charge in [-0.3, -0.25) is 0 Å². The third-order valence-electron chi connectivity index (χ3n) is 6.20. The van der Waals surface area contributed by atoms with E-state index in [9.17, 15) is 8.42 Å². The highest BCUT2D eigenvalue weighted by molar-refractivity contribution is 7.89. The van der Waals surface area contributed by atoms with Crippen LogP contribution in [0.5, 0.6) is 0 Å². The van der Waals surface area contributed by atoms with Crippen LogP contribution in [0.3, 0.4) is 0 Å². The number of anilines is 3. The highest BCUT2D eigenvalue weighted by atomic mass is 32.2. The van der Waals surface area contributed by atoms with E-state index in [1.54, 1.807) is 24.3 Å². The normalized spacial score (nSPS) is 15.5. The third-order valence-corrected chi connectivity index (χ3v) is 8.89. The molecule has 0 bridgehead atoms. The van der Waals surface area contributed by atoms with Crippen molar-refractivity contribution < 1.29 is 8.42 Å². The summed E-state index contributed by atoms with van der Waals surface area (Å²) in [5.41, 5.74) is 10.4. The zero-order valence-electron chi connectivity index (χ0n) is 19.8. The summed E-state index contributed by atoms with van der Waals surface area (Å²) >= 11 is 1.31. The molecule has 3 N–H and O–H groups in total. The fourth-order valence-corrected chi connectivity index (χ4v) is 6.36. The number of hydrogen-bond acceptors (Lipinski definition) is 9. The van der Waals surface area contributed by atoms with Crippen LogP contribution in [0.2, 0.25) is 0 Å². The molecule has 5 rings (SSSR count). The van der Waals surface area contributed by atoms with E-state index < -0.39 is 10.0 Å². The van der Waals surface area contributed by atoms with E-state index in [0.717, 1.165) is 29.8 Å². The van der Waals surface area contributed by atoms with Gasteiger partial charge < -0.3 is 16.0 Å². The molecule has 182 valence electrons. The maximum atomic E-state index is 13.1. The smallest absolute Gasteiger partial charge is 0.243 e. The Bertz CT molecular complexity index is 1470. The van der Waals surface area contributed by atoms with E-state index in [1.165, 1.54) is 15.6 Å². The molecule has 2 aromatic carbocycles. The van der Waals surface area contributed by atoms with Gasteiger partial charge in [-0.15, -0.1) is 0 Å². The number of nitrogens with one attached hydrogen (secondary N) is 1. The summed E-state index contributed by atoms with van der Waals surface area (Å²) in [4.78, 5) is 17.0. The van der Waals surface area contributed by atoms with Gasteiger partial charge >= 0.3 is 0 Å². The molecule has 35 heavy (non-hydrogen) atoms. The lowest BCUT2D eigenvalue weighted by atomic mass is 10.0. The van der Waals surface area contributed by atoms with Gasteiger partial charge in [0, 0.05) is 37.4 Å². The summed E-state index contributed by atoms with van der Waals surface area (Å²) < 4.78 is 27.6. The highest BCUT2D eigenvalue weighted by Gasteiger charge is 2.27. The van der Waals surface area contributed by atoms with Gasteiger partial charge in [0.2, 0.25) is 10.0 Å². The lowest BCUT2D eigenvalue weighted by molar-refractivity contribution is 0.222. The van der Waals surface area contributed by atoms with E-state index in [2.05, 4.69) is 15.2 Å². The van der Waals surface area contributed by atoms with Crippen LogP contribution in [0.25, 0.3) is 21.7 Å². The predicted octanol–water partition coefficient (Wildman–Crippen LogP) is 3.63. The molecule has 0 amide bonds. The first-order valence-corrected chi connectivity index (χ1v) is 13.5. The third kappa shape index (κ3) is 4.59. The number of aromatic nitrogens is 3. The zero-order chi connectivity index (χ0) is 24.7. The summed E-state index contributed by atoms with van der Waals surface area (Å²) in [5.74, 6) is 1.11. The topological polar surface area (TPSA) is 117 Å². The van der Waals surface area contributed by atoms with Crippen molar-refractivity contribution >= 4 is 48.3 Å². The van der Waals surface area contributed by atoms with Crippen LogP contribution in [0, 0.1) is 13.8 Å². The van der Waals surface area contributed by atoms with Crippen LogP contribution in [0.1, 0.15) is 11.1 Å². The van der Waals surface area contributed by atoms with E-state index in [4.69, 9.17) is 15.7 Å². The Hall–Kier alpha value is -3.12. The fraction of sp³-hybridized carbons (Fsp3) is 0.292. The minimum absolute atomic E-state index is 0.273. The number of nitrogen functional groups attached to an aromatic ring is 1. The van der Waals surface area contributed by atoms with Crippen molar-refractivity contribution in [3.05, 3.63) is 53.6 Å². The van der Waals surface area contributed by atoms with Gasteiger partial charge in [0.1, 0.15) is 5.52 Å². The molecule has 1 saturated heterocycles. The molecule has 3 heterocycles. The van der Waals surface area contributed by atoms with Crippen LogP contribution in [0.15, 0.2) is 47.4 Å². The summed E-state index contributed by atoms with van der Waals surface area (Å²) in [7, 11) is -1.54. The average Bonchev–Trinajstić information content (AvgIpc) is 3.20. The molecule has 0 saturated carbocycles. The first-order chi connectivity index (χ1) is 16.7. The number of benzene rings is 2. The first kappa shape index (κ1) is 23.6. The lowest BCUT2D eigenvalue weighted by Gasteiger charge is -2.31. The Labute approximate surface area is 208 Å². The number of rotatable bonds is 5. The van der Waals surface area contributed by atoms with Crippen molar-refractivity contribution in [2.45, 2.75) is 18.7 Å². The van der Waals surface area contributed by atoms with Crippen LogP contribution in [-0.4, -0.2) is 65.8 Å². The van der Waals surface area contributed by atoms with Crippen molar-refractivity contribution in [2.24, 2.45) is 0 Å². The van der Waals surface area contributed by atoms with E-state index in [1.807, 2.05) is 39.1 Å². The summed E-state index contributed by atoms with van der Waals surface area (Å²) in [6.07, 6.45) is 0. The second-order valence-corrected chi connectivity index (χ2v) is 11.7. The summed E-state index contributed by atoms with van der Waals surface area (Å²) in [5, 5.41) is 3.70. The van der Waals surface area contributed by atoms with E-state index in [0.29, 0.717) is 45.9 Å². The zero-order valence-corrected chi connectivity index (χ0v) is 21.4. The van der Waals surface area contributed by atoms with Crippen molar-refractivity contribution in [3.8, 4) is 11.4 Å². The van der Waals surface area contributed by atoms with Crippen molar-refractivity contribution in [1.29, 1.82) is 0 Å². The van der Waals surface area contributed by atoms with E-state index >= 15 is 0 Å². The summed E-state index contributed by atoms with van der Waals surface area (Å²) in [6.45, 7) is 6.49. The largest absolute Gasteiger partial charge is 0.375 e. The minimum atomic E-state index is -3.53. The number of nitrogens with two attached hydrogens (primary N) is 1. The molecule has 1 aliphatic heterocycles. The predicted molar refractivity (Wildman–Crippen MR) is 141 cm³/mol. The Morgan fingerprint density at radius 3 is 2.26 bits per heavy atom. The molecule has 0 radical (unpaired) electrons. The SMILES string of the molecule is Cc1cccc(C)c1-c1nc(Nc2ccc(S(=O)(=O)N3CCN(C)CC3)cc2)c2nc(N)sc2n1. The number of fused-ring (bicyclic) bond motifs is 1. The van der Waals surface area contributed by atoms with Crippen molar-refractivity contribution in [1.82, 2.24) is 24.2 Å². The van der Waals surface area contributed by atoms with Crippen LogP contribution < -0.4 is 11.1 Å². The van der Waals surface area contributed by atoms with Crippen LogP contribution in [-0.2, 0) is 10.0 Å². The second kappa shape index (κ2) is 9.15. The molecule has 0 spiro atoms. The Morgan fingerprint density at radius 2 is 1.60 bits per heavy atom. The van der Waals surface area contributed by atoms with Gasteiger partial charge in [-0.05, 0) is 56.3 Å². The van der Waals surface area contributed by atoms with Gasteiger partial charge in [0.25, 0.3) is 0 Å². The number of aryl methyl sites for hydroxylation is 2. The first-order valence-electron chi connectivity index (χ1n) is 11.3. The number of likely N-dealkylation sites (N-methyl/N-ethyl adjacent to an activating group) is 1. The fourth-order valence-electron chi connectivity index (χ4n) is 4.23. The van der Waals surface area contributed by atoms with E-state index in [-0.39, 0.29) is 4.90 Å². The lowest BCUT2D eigenvalue weighted by Crippen LogP contribution is -2.46. The quantitative estimate of drug-likeness (QED) is 0.419. The number of hydrogen-bond donors (Lipinski definition) is 2. The van der Waals surface area contributed by atoms with Gasteiger partial charge in [0.15, 0.2) is 21.6 Å². The maximum absolute atomic E-state index is 13.1. The number of thiazole rings is 1. The average molecular weight is 510 g/mol.